The number of alkyl halides is 2. The van der Waals surface area contributed by atoms with E-state index in [1.54, 1.807) is 7.05 Å². The van der Waals surface area contributed by atoms with Crippen LogP contribution in [0.5, 0.6) is 0 Å². The second-order valence-electron chi connectivity index (χ2n) is 5.25. The average Bonchev–Trinajstić information content (AvgIpc) is 3.16. The van der Waals surface area contributed by atoms with Gasteiger partial charge in [-0.25, -0.2) is 13.6 Å². The number of carbonyl (C=O) groups excluding carboxylic acids is 1. The number of methoxy groups -OCH3 is 1. The highest BCUT2D eigenvalue weighted by Gasteiger charge is 2.52. The summed E-state index contributed by atoms with van der Waals surface area (Å²) in [5.41, 5.74) is -0.839. The van der Waals surface area contributed by atoms with Gasteiger partial charge in [0, 0.05) is 6.54 Å². The van der Waals surface area contributed by atoms with Gasteiger partial charge in [0.25, 0.3) is 6.43 Å². The number of ether oxygens (including phenoxy) is 1. The van der Waals surface area contributed by atoms with Crippen LogP contribution in [0.1, 0.15) is 26.2 Å². The van der Waals surface area contributed by atoms with E-state index in [1.165, 1.54) is 12.0 Å². The van der Waals surface area contributed by atoms with Crippen LogP contribution in [0.15, 0.2) is 0 Å². The second kappa shape index (κ2) is 7.14. The van der Waals surface area contributed by atoms with E-state index in [1.807, 2.05) is 6.92 Å². The highest BCUT2D eigenvalue weighted by molar-refractivity contribution is 5.82. The van der Waals surface area contributed by atoms with Crippen molar-refractivity contribution in [1.82, 2.24) is 10.2 Å². The molecule has 19 heavy (non-hydrogen) atoms. The Morgan fingerprint density at radius 1 is 1.53 bits per heavy atom. The third-order valence-corrected chi connectivity index (χ3v) is 3.48. The molecule has 0 heterocycles. The average molecular weight is 278 g/mol. The first-order chi connectivity index (χ1) is 8.96. The molecular weight excluding hydrogens is 254 g/mol. The Balaban J connectivity index is 2.79. The van der Waals surface area contributed by atoms with E-state index in [2.05, 4.69) is 5.32 Å². The van der Waals surface area contributed by atoms with Crippen LogP contribution in [0.25, 0.3) is 0 Å². The molecule has 1 saturated carbocycles. The number of nitrogens with zero attached hydrogens (tertiary/aromatic N) is 1. The highest BCUT2D eigenvalue weighted by Crippen LogP contribution is 2.41. The van der Waals surface area contributed by atoms with E-state index < -0.39 is 12.0 Å². The van der Waals surface area contributed by atoms with Crippen LogP contribution < -0.4 is 5.32 Å². The van der Waals surface area contributed by atoms with Crippen molar-refractivity contribution in [2.75, 3.05) is 33.8 Å². The number of halogens is 2. The third-order valence-electron chi connectivity index (χ3n) is 3.48. The van der Waals surface area contributed by atoms with Crippen molar-refractivity contribution in [1.29, 1.82) is 0 Å². The van der Waals surface area contributed by atoms with Crippen molar-refractivity contribution in [3.8, 4) is 0 Å². The maximum Gasteiger partial charge on any atom is 0.327 e. The van der Waals surface area contributed by atoms with Gasteiger partial charge in [0.15, 0.2) is 0 Å². The van der Waals surface area contributed by atoms with Crippen molar-refractivity contribution in [2.24, 2.45) is 5.92 Å². The van der Waals surface area contributed by atoms with Gasteiger partial charge in [0.05, 0.1) is 13.7 Å². The fourth-order valence-corrected chi connectivity index (χ4v) is 2.46. The van der Waals surface area contributed by atoms with Gasteiger partial charge in [-0.2, -0.15) is 0 Å². The van der Waals surface area contributed by atoms with Gasteiger partial charge < -0.3 is 10.1 Å². The maximum absolute atomic E-state index is 12.4. The molecule has 4 nitrogen and oxygen atoms in total. The molecule has 0 aromatic carbocycles. The number of nitrogens with one attached hydrogen (secondary N) is 1. The van der Waals surface area contributed by atoms with Crippen molar-refractivity contribution >= 4 is 5.97 Å². The Kier molecular flexibility index (Phi) is 6.13. The Hall–Kier alpha value is -0.750. The maximum atomic E-state index is 12.4. The van der Waals surface area contributed by atoms with Crippen LogP contribution in [0.3, 0.4) is 0 Å². The standard InChI is InChI=1S/C13H24F2N2O2/c1-4-7-16-13(10-5-6-10,12(18)19-3)9-17(2)8-11(14)15/h10-11,16H,4-9H2,1-3H3. The van der Waals surface area contributed by atoms with E-state index in [0.717, 1.165) is 19.3 Å². The van der Waals surface area contributed by atoms with Crippen LogP contribution in [-0.4, -0.2) is 56.6 Å². The van der Waals surface area contributed by atoms with Gasteiger partial charge in [-0.15, -0.1) is 0 Å². The predicted octanol–water partition coefficient (Wildman–Crippen LogP) is 1.50. The van der Waals surface area contributed by atoms with Crippen molar-refractivity contribution < 1.29 is 18.3 Å². The molecule has 1 atom stereocenters. The normalized spacial score (nSPS) is 18.7. The first kappa shape index (κ1) is 16.3. The van der Waals surface area contributed by atoms with E-state index in [4.69, 9.17) is 4.74 Å². The molecular formula is C13H24F2N2O2. The summed E-state index contributed by atoms with van der Waals surface area (Å²) in [6.45, 7) is 2.60. The largest absolute Gasteiger partial charge is 0.468 e. The van der Waals surface area contributed by atoms with Gasteiger partial charge in [-0.3, -0.25) is 4.90 Å². The van der Waals surface area contributed by atoms with Crippen LogP contribution in [0.4, 0.5) is 8.78 Å². The van der Waals surface area contributed by atoms with Crippen LogP contribution in [-0.2, 0) is 9.53 Å². The van der Waals surface area contributed by atoms with E-state index >= 15 is 0 Å². The van der Waals surface area contributed by atoms with Crippen molar-refractivity contribution in [2.45, 2.75) is 38.2 Å². The molecule has 0 aromatic rings. The quantitative estimate of drug-likeness (QED) is 0.649. The molecule has 0 saturated heterocycles. The number of rotatable bonds is 9. The van der Waals surface area contributed by atoms with Crippen molar-refractivity contribution in [3.63, 3.8) is 0 Å². The molecule has 1 unspecified atom stereocenters. The summed E-state index contributed by atoms with van der Waals surface area (Å²) in [6.07, 6.45) is 0.359. The lowest BCUT2D eigenvalue weighted by Gasteiger charge is -2.35. The summed E-state index contributed by atoms with van der Waals surface area (Å²) in [7, 11) is 2.96. The SMILES string of the molecule is CCCNC(CN(C)CC(F)F)(C(=O)OC)C1CC1. The lowest BCUT2D eigenvalue weighted by atomic mass is 9.92. The van der Waals surface area contributed by atoms with Crippen molar-refractivity contribution in [3.05, 3.63) is 0 Å². The summed E-state index contributed by atoms with van der Waals surface area (Å²) in [6, 6.07) is 0. The number of carbonyl (C=O) groups is 1. The van der Waals surface area contributed by atoms with Gasteiger partial charge in [-0.05, 0) is 38.8 Å². The monoisotopic (exact) mass is 278 g/mol. The topological polar surface area (TPSA) is 41.6 Å². The minimum Gasteiger partial charge on any atom is -0.468 e. The highest BCUT2D eigenvalue weighted by atomic mass is 19.3. The molecule has 0 bridgehead atoms. The van der Waals surface area contributed by atoms with E-state index in [-0.39, 0.29) is 25.0 Å². The zero-order chi connectivity index (χ0) is 14.5. The number of likely N-dealkylation sites (N-methyl/N-ethyl adjacent to an activating group) is 1. The first-order valence-electron chi connectivity index (χ1n) is 6.76. The molecule has 0 aliphatic heterocycles. The molecule has 1 aliphatic carbocycles. The smallest absolute Gasteiger partial charge is 0.327 e. The Morgan fingerprint density at radius 3 is 2.58 bits per heavy atom. The molecule has 0 amide bonds. The van der Waals surface area contributed by atoms with Crippen LogP contribution >= 0.6 is 0 Å². The molecule has 1 aliphatic rings. The summed E-state index contributed by atoms with van der Waals surface area (Å²) >= 11 is 0. The molecule has 1 fully saturated rings. The predicted molar refractivity (Wildman–Crippen MR) is 69.3 cm³/mol. The third kappa shape index (κ3) is 4.38. The Labute approximate surface area is 113 Å². The lowest BCUT2D eigenvalue weighted by Crippen LogP contribution is -2.61. The van der Waals surface area contributed by atoms with Gasteiger partial charge >= 0.3 is 5.97 Å². The van der Waals surface area contributed by atoms with Gasteiger partial charge in [0.2, 0.25) is 0 Å². The minimum atomic E-state index is -2.40. The number of hydrogen-bond donors (Lipinski definition) is 1. The molecule has 0 spiro atoms. The zero-order valence-corrected chi connectivity index (χ0v) is 11.9. The van der Waals surface area contributed by atoms with Crippen LogP contribution in [0, 0.1) is 5.92 Å². The lowest BCUT2D eigenvalue weighted by molar-refractivity contribution is -0.151. The number of esters is 1. The van der Waals surface area contributed by atoms with Gasteiger partial charge in [-0.1, -0.05) is 6.92 Å². The minimum absolute atomic E-state index is 0.187. The second-order valence-corrected chi connectivity index (χ2v) is 5.25. The zero-order valence-electron chi connectivity index (χ0n) is 11.9. The summed E-state index contributed by atoms with van der Waals surface area (Å²) in [5.74, 6) is -0.156. The molecule has 0 radical (unpaired) electrons. The Morgan fingerprint density at radius 2 is 2.16 bits per heavy atom. The molecule has 0 aromatic heterocycles. The Bertz CT molecular complexity index is 298. The van der Waals surface area contributed by atoms with E-state index in [9.17, 15) is 13.6 Å². The molecule has 112 valence electrons. The number of hydrogen-bond acceptors (Lipinski definition) is 4. The van der Waals surface area contributed by atoms with E-state index in [0.29, 0.717) is 6.54 Å². The molecule has 1 rings (SSSR count). The van der Waals surface area contributed by atoms with Crippen LogP contribution in [0.2, 0.25) is 0 Å². The summed E-state index contributed by atoms with van der Waals surface area (Å²) in [5, 5.41) is 3.24. The summed E-state index contributed by atoms with van der Waals surface area (Å²) < 4.78 is 29.8. The fraction of sp³-hybridized carbons (Fsp3) is 0.923. The van der Waals surface area contributed by atoms with Gasteiger partial charge in [0.1, 0.15) is 5.54 Å². The molecule has 1 N–H and O–H groups in total. The molecule has 6 heteroatoms. The summed E-state index contributed by atoms with van der Waals surface area (Å²) in [4.78, 5) is 13.6. The fourth-order valence-electron chi connectivity index (χ4n) is 2.46. The first-order valence-corrected chi connectivity index (χ1v) is 6.76.